The first-order valence-corrected chi connectivity index (χ1v) is 6.49. The van der Waals surface area contributed by atoms with Gasteiger partial charge >= 0.3 is 0 Å². The molecule has 96 valence electrons. The highest BCUT2D eigenvalue weighted by Gasteiger charge is 2.21. The summed E-state index contributed by atoms with van der Waals surface area (Å²) in [5, 5.41) is 3.20. The van der Waals surface area contributed by atoms with Crippen LogP contribution in [0.25, 0.3) is 0 Å². The number of hydrogen-bond donors (Lipinski definition) is 1. The molecule has 16 heavy (non-hydrogen) atoms. The minimum Gasteiger partial charge on any atom is -0.496 e. The Morgan fingerprint density at radius 1 is 1.38 bits per heavy atom. The Hall–Kier alpha value is -0.500. The second-order valence-electron chi connectivity index (χ2n) is 5.03. The number of hydrogen-bond acceptors (Lipinski definition) is 2. The van der Waals surface area contributed by atoms with Crippen molar-refractivity contribution in [3.8, 4) is 0 Å². The van der Waals surface area contributed by atoms with Gasteiger partial charge in [0.15, 0.2) is 0 Å². The zero-order valence-electron chi connectivity index (χ0n) is 11.7. The number of ether oxygens (including phenoxy) is 1. The minimum absolute atomic E-state index is 0.136. The first-order chi connectivity index (χ1) is 7.47. The molecule has 0 radical (unpaired) electrons. The number of nitrogens with one attached hydrogen (secondary N) is 1. The lowest BCUT2D eigenvalue weighted by Crippen LogP contribution is -2.39. The number of unbranched alkanes of at least 4 members (excludes halogenated alkanes) is 1. The van der Waals surface area contributed by atoms with Gasteiger partial charge in [0.2, 0.25) is 0 Å². The molecule has 0 aromatic rings. The molecule has 0 amide bonds. The Bertz CT molecular complexity index is 199. The highest BCUT2D eigenvalue weighted by Crippen LogP contribution is 2.19. The summed E-state index contributed by atoms with van der Waals surface area (Å²) in [6.45, 7) is 13.4. The van der Waals surface area contributed by atoms with Crippen LogP contribution in [-0.2, 0) is 4.74 Å². The third-order valence-corrected chi connectivity index (χ3v) is 3.36. The quantitative estimate of drug-likeness (QED) is 0.606. The Morgan fingerprint density at radius 3 is 2.44 bits per heavy atom. The molecule has 0 aliphatic rings. The average Bonchev–Trinajstić information content (AvgIpc) is 2.28. The summed E-state index contributed by atoms with van der Waals surface area (Å²) in [6, 6.07) is 0. The van der Waals surface area contributed by atoms with Crippen LogP contribution in [0.3, 0.4) is 0 Å². The summed E-state index contributed by atoms with van der Waals surface area (Å²) < 4.78 is 5.79. The van der Waals surface area contributed by atoms with E-state index >= 15 is 0 Å². The third kappa shape index (κ3) is 5.55. The molecule has 2 heteroatoms. The van der Waals surface area contributed by atoms with E-state index in [0.717, 1.165) is 12.4 Å². The van der Waals surface area contributed by atoms with Gasteiger partial charge in [0, 0.05) is 0 Å². The van der Waals surface area contributed by atoms with E-state index in [1.165, 1.54) is 25.7 Å². The zero-order valence-corrected chi connectivity index (χ0v) is 11.7. The van der Waals surface area contributed by atoms with Crippen molar-refractivity contribution in [3.63, 3.8) is 0 Å². The molecule has 0 bridgehead atoms. The monoisotopic (exact) mass is 227 g/mol. The van der Waals surface area contributed by atoms with E-state index in [1.54, 1.807) is 0 Å². The van der Waals surface area contributed by atoms with Crippen LogP contribution in [0.2, 0.25) is 0 Å². The van der Waals surface area contributed by atoms with Gasteiger partial charge in [0.1, 0.15) is 5.76 Å². The van der Waals surface area contributed by atoms with Gasteiger partial charge in [-0.05, 0) is 33.2 Å². The van der Waals surface area contributed by atoms with Crippen LogP contribution >= 0.6 is 0 Å². The summed E-state index contributed by atoms with van der Waals surface area (Å²) in [4.78, 5) is 0. The van der Waals surface area contributed by atoms with Gasteiger partial charge in [-0.15, -0.1) is 0 Å². The second kappa shape index (κ2) is 7.72. The van der Waals surface area contributed by atoms with Crippen LogP contribution in [0.4, 0.5) is 0 Å². The molecule has 1 N–H and O–H groups in total. The van der Waals surface area contributed by atoms with Gasteiger partial charge in [-0.25, -0.2) is 0 Å². The van der Waals surface area contributed by atoms with Gasteiger partial charge in [0.05, 0.1) is 12.1 Å². The first kappa shape index (κ1) is 15.5. The van der Waals surface area contributed by atoms with Crippen LogP contribution in [0.15, 0.2) is 12.3 Å². The molecule has 0 aromatic heterocycles. The van der Waals surface area contributed by atoms with Crippen molar-refractivity contribution >= 4 is 0 Å². The van der Waals surface area contributed by atoms with Crippen LogP contribution in [0.1, 0.15) is 53.4 Å². The standard InChI is InChI=1S/C14H29NO/c1-7-9-10-13(8-2)11-16-12(3)14(4,5)15-6/h13,15H,3,7-11H2,1-2,4-6H3. The maximum Gasteiger partial charge on any atom is 0.108 e. The fraction of sp³-hybridized carbons (Fsp3) is 0.857. The lowest BCUT2D eigenvalue weighted by Gasteiger charge is -2.28. The van der Waals surface area contributed by atoms with E-state index < -0.39 is 0 Å². The number of likely N-dealkylation sites (N-methyl/N-ethyl adjacent to an activating group) is 1. The second-order valence-corrected chi connectivity index (χ2v) is 5.03. The van der Waals surface area contributed by atoms with E-state index in [9.17, 15) is 0 Å². The Balaban J connectivity index is 3.97. The predicted octanol–water partition coefficient (Wildman–Crippen LogP) is 3.73. The van der Waals surface area contributed by atoms with Crippen LogP contribution in [0, 0.1) is 5.92 Å². The Labute approximate surface area is 101 Å². The summed E-state index contributed by atoms with van der Waals surface area (Å²) in [5.41, 5.74) is -0.136. The van der Waals surface area contributed by atoms with Gasteiger partial charge < -0.3 is 10.1 Å². The lowest BCUT2D eigenvalue weighted by atomic mass is 10.00. The van der Waals surface area contributed by atoms with Crippen molar-refractivity contribution in [2.24, 2.45) is 5.92 Å². The third-order valence-electron chi connectivity index (χ3n) is 3.36. The van der Waals surface area contributed by atoms with Crippen molar-refractivity contribution in [1.29, 1.82) is 0 Å². The zero-order chi connectivity index (χ0) is 12.6. The molecule has 0 fully saturated rings. The lowest BCUT2D eigenvalue weighted by molar-refractivity contribution is 0.123. The molecule has 0 heterocycles. The molecule has 0 spiro atoms. The molecular weight excluding hydrogens is 198 g/mol. The van der Waals surface area contributed by atoms with E-state index in [-0.39, 0.29) is 5.54 Å². The SMILES string of the molecule is C=C(OCC(CC)CCCC)C(C)(C)NC. The summed E-state index contributed by atoms with van der Waals surface area (Å²) in [7, 11) is 1.93. The highest BCUT2D eigenvalue weighted by atomic mass is 16.5. The Kier molecular flexibility index (Phi) is 7.48. The van der Waals surface area contributed by atoms with E-state index in [4.69, 9.17) is 4.74 Å². The molecule has 0 rings (SSSR count). The summed E-state index contributed by atoms with van der Waals surface area (Å²) in [6.07, 6.45) is 5.01. The van der Waals surface area contributed by atoms with Gasteiger partial charge in [-0.3, -0.25) is 0 Å². The topological polar surface area (TPSA) is 21.3 Å². The van der Waals surface area contributed by atoms with Crippen LogP contribution in [0.5, 0.6) is 0 Å². The molecule has 1 unspecified atom stereocenters. The summed E-state index contributed by atoms with van der Waals surface area (Å²) in [5.74, 6) is 1.51. The average molecular weight is 227 g/mol. The molecule has 2 nitrogen and oxygen atoms in total. The molecular formula is C14H29NO. The Morgan fingerprint density at radius 2 is 2.00 bits per heavy atom. The molecule has 0 aliphatic carbocycles. The van der Waals surface area contributed by atoms with Crippen molar-refractivity contribution in [3.05, 3.63) is 12.3 Å². The van der Waals surface area contributed by atoms with Gasteiger partial charge in [-0.1, -0.05) is 39.7 Å². The minimum atomic E-state index is -0.136. The van der Waals surface area contributed by atoms with Crippen molar-refractivity contribution in [2.75, 3.05) is 13.7 Å². The molecule has 1 atom stereocenters. The fourth-order valence-electron chi connectivity index (χ4n) is 1.44. The maximum atomic E-state index is 5.79. The van der Waals surface area contributed by atoms with E-state index in [1.807, 2.05) is 7.05 Å². The smallest absolute Gasteiger partial charge is 0.108 e. The maximum absolute atomic E-state index is 5.79. The molecule has 0 saturated carbocycles. The summed E-state index contributed by atoms with van der Waals surface area (Å²) >= 11 is 0. The predicted molar refractivity (Wildman–Crippen MR) is 71.5 cm³/mol. The molecule has 0 aromatic carbocycles. The molecule has 0 aliphatic heterocycles. The van der Waals surface area contributed by atoms with Crippen LogP contribution < -0.4 is 5.32 Å². The van der Waals surface area contributed by atoms with Crippen molar-refractivity contribution < 1.29 is 4.74 Å². The van der Waals surface area contributed by atoms with Crippen LogP contribution in [-0.4, -0.2) is 19.2 Å². The van der Waals surface area contributed by atoms with Crippen molar-refractivity contribution in [2.45, 2.75) is 58.9 Å². The number of rotatable bonds is 9. The largest absolute Gasteiger partial charge is 0.496 e. The highest BCUT2D eigenvalue weighted by molar-refractivity contribution is 5.04. The van der Waals surface area contributed by atoms with E-state index in [0.29, 0.717) is 5.92 Å². The van der Waals surface area contributed by atoms with Crippen molar-refractivity contribution in [1.82, 2.24) is 5.32 Å². The fourth-order valence-corrected chi connectivity index (χ4v) is 1.44. The first-order valence-electron chi connectivity index (χ1n) is 6.49. The van der Waals surface area contributed by atoms with E-state index in [2.05, 4.69) is 39.6 Å². The normalized spacial score (nSPS) is 13.6. The molecule has 0 saturated heterocycles. The van der Waals surface area contributed by atoms with Gasteiger partial charge in [0.25, 0.3) is 0 Å². The van der Waals surface area contributed by atoms with Gasteiger partial charge in [-0.2, -0.15) is 0 Å².